The first kappa shape index (κ1) is 25.5. The van der Waals surface area contributed by atoms with Crippen LogP contribution < -0.4 is 0 Å². The van der Waals surface area contributed by atoms with Crippen molar-refractivity contribution >= 4 is 10.9 Å². The molecule has 0 saturated heterocycles. The van der Waals surface area contributed by atoms with Gasteiger partial charge in [0, 0.05) is 5.39 Å². The second kappa shape index (κ2) is 10.2. The number of nitrogens with zero attached hydrogens (tertiary/aromatic N) is 1. The van der Waals surface area contributed by atoms with Crippen LogP contribution in [0.2, 0.25) is 0 Å². The summed E-state index contributed by atoms with van der Waals surface area (Å²) in [6, 6.07) is 3.91. The van der Waals surface area contributed by atoms with Gasteiger partial charge in [-0.15, -0.1) is 0 Å². The summed E-state index contributed by atoms with van der Waals surface area (Å²) >= 11 is 0. The topological polar surface area (TPSA) is 12.9 Å². The van der Waals surface area contributed by atoms with E-state index in [-0.39, 0.29) is 28.3 Å². The molecule has 174 valence electrons. The van der Waals surface area contributed by atoms with Crippen LogP contribution in [-0.2, 0) is 12.4 Å². The van der Waals surface area contributed by atoms with E-state index < -0.39 is 29.1 Å². The highest BCUT2D eigenvalue weighted by atomic mass is 19.4. The summed E-state index contributed by atoms with van der Waals surface area (Å²) in [6.45, 7) is 7.45. The van der Waals surface area contributed by atoms with Crippen LogP contribution in [0.3, 0.4) is 0 Å². The standard InChI is InChI=1S/C24H31F6N/c1-5-8-9-11-16(10-6-2)17-12-13-18-19(15(4)7-3)14-20(23(25,26)27)31-22(18)21(17)24(28,29)30/h12-16H,5-11H2,1-4H3. The van der Waals surface area contributed by atoms with E-state index in [2.05, 4.69) is 4.98 Å². The van der Waals surface area contributed by atoms with E-state index in [0.717, 1.165) is 25.3 Å². The van der Waals surface area contributed by atoms with Gasteiger partial charge in [0.25, 0.3) is 0 Å². The van der Waals surface area contributed by atoms with Gasteiger partial charge in [-0.25, -0.2) is 4.98 Å². The Labute approximate surface area is 180 Å². The van der Waals surface area contributed by atoms with Crippen LogP contribution in [0, 0.1) is 0 Å². The van der Waals surface area contributed by atoms with Crippen LogP contribution in [0.25, 0.3) is 10.9 Å². The second-order valence-electron chi connectivity index (χ2n) is 8.31. The maximum absolute atomic E-state index is 14.3. The van der Waals surface area contributed by atoms with Crippen LogP contribution in [0.1, 0.15) is 107 Å². The predicted octanol–water partition coefficient (Wildman–Crippen LogP) is 9.25. The fourth-order valence-electron chi connectivity index (χ4n) is 4.19. The highest BCUT2D eigenvalue weighted by Gasteiger charge is 2.40. The lowest BCUT2D eigenvalue weighted by atomic mass is 9.83. The van der Waals surface area contributed by atoms with Crippen molar-refractivity contribution in [3.63, 3.8) is 0 Å². The van der Waals surface area contributed by atoms with Crippen LogP contribution >= 0.6 is 0 Å². The first-order chi connectivity index (χ1) is 14.5. The van der Waals surface area contributed by atoms with E-state index in [9.17, 15) is 26.3 Å². The molecule has 31 heavy (non-hydrogen) atoms. The number of fused-ring (bicyclic) bond motifs is 1. The minimum atomic E-state index is -4.82. The molecule has 0 amide bonds. The molecule has 1 nitrogen and oxygen atoms in total. The summed E-state index contributed by atoms with van der Waals surface area (Å²) in [5, 5.41) is 0.155. The molecular weight excluding hydrogens is 416 g/mol. The molecule has 0 radical (unpaired) electrons. The lowest BCUT2D eigenvalue weighted by molar-refractivity contribution is -0.142. The van der Waals surface area contributed by atoms with E-state index in [1.807, 2.05) is 13.8 Å². The molecule has 0 aliphatic carbocycles. The lowest BCUT2D eigenvalue weighted by Crippen LogP contribution is -2.17. The van der Waals surface area contributed by atoms with Crippen LogP contribution in [0.5, 0.6) is 0 Å². The Bertz CT molecular complexity index is 869. The van der Waals surface area contributed by atoms with E-state index in [0.29, 0.717) is 25.7 Å². The number of aromatic nitrogens is 1. The summed E-state index contributed by atoms with van der Waals surface area (Å²) in [4.78, 5) is 3.54. The molecule has 2 unspecified atom stereocenters. The van der Waals surface area contributed by atoms with Crippen LogP contribution in [0.15, 0.2) is 18.2 Å². The normalized spacial score (nSPS) is 14.8. The molecule has 7 heteroatoms. The Hall–Kier alpha value is -1.79. The quantitative estimate of drug-likeness (QED) is 0.276. The van der Waals surface area contributed by atoms with Gasteiger partial charge in [0.1, 0.15) is 5.69 Å². The van der Waals surface area contributed by atoms with Crippen molar-refractivity contribution in [1.82, 2.24) is 4.98 Å². The zero-order valence-corrected chi connectivity index (χ0v) is 18.6. The molecule has 2 atom stereocenters. The number of hydrogen-bond acceptors (Lipinski definition) is 1. The number of unbranched alkanes of at least 4 members (excludes halogenated alkanes) is 2. The maximum Gasteiger partial charge on any atom is 0.433 e. The van der Waals surface area contributed by atoms with Crippen molar-refractivity contribution < 1.29 is 26.3 Å². The minimum Gasteiger partial charge on any atom is -0.243 e. The van der Waals surface area contributed by atoms with Gasteiger partial charge in [-0.2, -0.15) is 26.3 Å². The highest BCUT2D eigenvalue weighted by molar-refractivity contribution is 5.87. The Morgan fingerprint density at radius 3 is 2.03 bits per heavy atom. The molecule has 1 aromatic carbocycles. The van der Waals surface area contributed by atoms with Crippen molar-refractivity contribution in [2.45, 2.75) is 96.8 Å². The smallest absolute Gasteiger partial charge is 0.243 e. The summed E-state index contributed by atoms with van der Waals surface area (Å²) in [5.74, 6) is -0.685. The van der Waals surface area contributed by atoms with Gasteiger partial charge >= 0.3 is 12.4 Å². The highest BCUT2D eigenvalue weighted by Crippen LogP contribution is 2.44. The van der Waals surface area contributed by atoms with Gasteiger partial charge in [0.2, 0.25) is 0 Å². The molecule has 1 heterocycles. The largest absolute Gasteiger partial charge is 0.433 e. The molecule has 0 spiro atoms. The maximum atomic E-state index is 14.3. The Morgan fingerprint density at radius 1 is 0.839 bits per heavy atom. The first-order valence-electron chi connectivity index (χ1n) is 11.1. The lowest BCUT2D eigenvalue weighted by Gasteiger charge is -2.24. The summed E-state index contributed by atoms with van der Waals surface area (Å²) < 4.78 is 83.5. The van der Waals surface area contributed by atoms with Crippen molar-refractivity contribution in [1.29, 1.82) is 0 Å². The van der Waals surface area contributed by atoms with Crippen molar-refractivity contribution in [2.24, 2.45) is 0 Å². The molecule has 0 aliphatic heterocycles. The number of rotatable bonds is 9. The number of halogens is 6. The SMILES string of the molecule is CCCCCC(CCC)c1ccc2c(C(C)CC)cc(C(F)(F)F)nc2c1C(F)(F)F. The summed E-state index contributed by atoms with van der Waals surface area (Å²) in [7, 11) is 0. The fourth-order valence-corrected chi connectivity index (χ4v) is 4.19. The average Bonchev–Trinajstić information content (AvgIpc) is 2.69. The number of benzene rings is 1. The first-order valence-corrected chi connectivity index (χ1v) is 11.1. The molecule has 0 N–H and O–H groups in total. The third kappa shape index (κ3) is 5.92. The van der Waals surface area contributed by atoms with Crippen molar-refractivity contribution in [2.75, 3.05) is 0 Å². The van der Waals surface area contributed by atoms with Gasteiger partial charge in [-0.1, -0.05) is 65.5 Å². The van der Waals surface area contributed by atoms with E-state index in [1.165, 1.54) is 12.1 Å². The minimum absolute atomic E-state index is 0.0693. The molecule has 0 aliphatic rings. The molecule has 1 aromatic heterocycles. The summed E-state index contributed by atoms with van der Waals surface area (Å²) in [5.41, 5.74) is -2.52. The van der Waals surface area contributed by atoms with Crippen LogP contribution in [-0.4, -0.2) is 4.98 Å². The second-order valence-corrected chi connectivity index (χ2v) is 8.31. The fraction of sp³-hybridized carbons (Fsp3) is 0.625. The van der Waals surface area contributed by atoms with Gasteiger partial charge in [0.15, 0.2) is 0 Å². The van der Waals surface area contributed by atoms with E-state index in [4.69, 9.17) is 0 Å². The molecular formula is C24H31F6N. The van der Waals surface area contributed by atoms with Crippen LogP contribution in [0.4, 0.5) is 26.3 Å². The third-order valence-electron chi connectivity index (χ3n) is 6.00. The predicted molar refractivity (Wildman–Crippen MR) is 112 cm³/mol. The Morgan fingerprint density at radius 2 is 1.52 bits per heavy atom. The monoisotopic (exact) mass is 447 g/mol. The third-order valence-corrected chi connectivity index (χ3v) is 6.00. The number of alkyl halides is 6. The molecule has 2 rings (SSSR count). The molecule has 0 bridgehead atoms. The van der Waals surface area contributed by atoms with E-state index >= 15 is 0 Å². The molecule has 0 fully saturated rings. The Kier molecular flexibility index (Phi) is 8.40. The Balaban J connectivity index is 2.86. The van der Waals surface area contributed by atoms with Crippen molar-refractivity contribution in [3.05, 3.63) is 40.6 Å². The summed E-state index contributed by atoms with van der Waals surface area (Å²) in [6.07, 6.45) is -4.65. The molecule has 0 saturated carbocycles. The van der Waals surface area contributed by atoms with Gasteiger partial charge in [-0.05, 0) is 48.3 Å². The zero-order valence-electron chi connectivity index (χ0n) is 18.6. The van der Waals surface area contributed by atoms with Gasteiger partial charge < -0.3 is 0 Å². The zero-order chi connectivity index (χ0) is 23.4. The van der Waals surface area contributed by atoms with E-state index in [1.54, 1.807) is 13.8 Å². The number of pyridine rings is 1. The van der Waals surface area contributed by atoms with Gasteiger partial charge in [-0.3, -0.25) is 0 Å². The number of hydrogen-bond donors (Lipinski definition) is 0. The van der Waals surface area contributed by atoms with Gasteiger partial charge in [0.05, 0.1) is 11.1 Å². The average molecular weight is 448 g/mol. The van der Waals surface area contributed by atoms with Crippen molar-refractivity contribution in [3.8, 4) is 0 Å². The molecule has 2 aromatic rings.